The molecule has 1 aliphatic rings. The number of carbonyl (C=O) groups is 1. The second-order valence-electron chi connectivity index (χ2n) is 6.07. The van der Waals surface area contributed by atoms with Crippen molar-refractivity contribution in [1.29, 1.82) is 0 Å². The summed E-state index contributed by atoms with van der Waals surface area (Å²) in [5, 5.41) is 1.75. The van der Waals surface area contributed by atoms with Gasteiger partial charge in [0.1, 0.15) is 4.21 Å². The van der Waals surface area contributed by atoms with Crippen molar-refractivity contribution in [3.63, 3.8) is 0 Å². The number of hydrogen-bond donors (Lipinski definition) is 0. The molecular formula is C17H21N3O3S2. The van der Waals surface area contributed by atoms with Gasteiger partial charge in [-0.05, 0) is 35.7 Å². The van der Waals surface area contributed by atoms with Gasteiger partial charge in [-0.3, -0.25) is 4.79 Å². The Morgan fingerprint density at radius 1 is 1.04 bits per heavy atom. The Balaban J connectivity index is 1.65. The summed E-state index contributed by atoms with van der Waals surface area (Å²) >= 11 is 1.22. The fourth-order valence-corrected chi connectivity index (χ4v) is 5.32. The lowest BCUT2D eigenvalue weighted by molar-refractivity contribution is 0.0698. The fraction of sp³-hybridized carbons (Fsp3) is 0.353. The molecule has 0 aliphatic carbocycles. The van der Waals surface area contributed by atoms with E-state index in [1.165, 1.54) is 15.6 Å². The van der Waals surface area contributed by atoms with Crippen molar-refractivity contribution in [2.24, 2.45) is 0 Å². The lowest BCUT2D eigenvalue weighted by atomic mass is 10.1. The summed E-state index contributed by atoms with van der Waals surface area (Å²) in [6.45, 7) is 1.45. The molecule has 1 aromatic heterocycles. The summed E-state index contributed by atoms with van der Waals surface area (Å²) in [7, 11) is 0.458. The van der Waals surface area contributed by atoms with Crippen LogP contribution in [0.4, 0.5) is 5.69 Å². The van der Waals surface area contributed by atoms with Crippen molar-refractivity contribution in [1.82, 2.24) is 9.21 Å². The number of carbonyl (C=O) groups excluding carboxylic acids is 1. The highest BCUT2D eigenvalue weighted by atomic mass is 32.2. The van der Waals surface area contributed by atoms with Crippen molar-refractivity contribution in [3.05, 3.63) is 47.3 Å². The van der Waals surface area contributed by atoms with E-state index in [4.69, 9.17) is 0 Å². The van der Waals surface area contributed by atoms with Crippen LogP contribution in [0, 0.1) is 0 Å². The minimum Gasteiger partial charge on any atom is -0.378 e. The smallest absolute Gasteiger partial charge is 0.253 e. The Morgan fingerprint density at radius 2 is 1.68 bits per heavy atom. The Morgan fingerprint density at radius 3 is 2.20 bits per heavy atom. The number of amides is 1. The van der Waals surface area contributed by atoms with Crippen LogP contribution in [0.25, 0.3) is 0 Å². The van der Waals surface area contributed by atoms with Gasteiger partial charge in [0.15, 0.2) is 0 Å². The van der Waals surface area contributed by atoms with E-state index in [0.29, 0.717) is 36.0 Å². The first-order valence-corrected chi connectivity index (χ1v) is 10.3. The molecule has 1 aliphatic heterocycles. The van der Waals surface area contributed by atoms with E-state index in [1.54, 1.807) is 22.4 Å². The highest BCUT2D eigenvalue weighted by Gasteiger charge is 2.30. The van der Waals surface area contributed by atoms with E-state index >= 15 is 0 Å². The van der Waals surface area contributed by atoms with Gasteiger partial charge in [-0.1, -0.05) is 6.07 Å². The van der Waals surface area contributed by atoms with Crippen LogP contribution < -0.4 is 4.90 Å². The molecule has 3 rings (SSSR count). The summed E-state index contributed by atoms with van der Waals surface area (Å²) in [6, 6.07) is 10.8. The quantitative estimate of drug-likeness (QED) is 0.815. The first-order chi connectivity index (χ1) is 11.9. The standard InChI is InChI=1S/C17H21N3O3S2/c1-18(2)15-7-5-14(6-8-15)17(21)19-9-11-20(12-10-19)25(22,23)16-4-3-13-24-16/h3-8,13H,9-12H2,1-2H3. The number of anilines is 1. The summed E-state index contributed by atoms with van der Waals surface area (Å²) in [5.74, 6) is -0.0570. The monoisotopic (exact) mass is 379 g/mol. The van der Waals surface area contributed by atoms with Gasteiger partial charge in [0.05, 0.1) is 0 Å². The Labute approximate surface area is 152 Å². The van der Waals surface area contributed by atoms with Crippen molar-refractivity contribution < 1.29 is 13.2 Å². The van der Waals surface area contributed by atoms with Crippen LogP contribution in [-0.4, -0.2) is 63.8 Å². The number of benzene rings is 1. The summed E-state index contributed by atoms with van der Waals surface area (Å²) in [5.41, 5.74) is 1.66. The maximum Gasteiger partial charge on any atom is 0.253 e. The van der Waals surface area contributed by atoms with Crippen LogP contribution in [0.1, 0.15) is 10.4 Å². The van der Waals surface area contributed by atoms with Gasteiger partial charge in [0.2, 0.25) is 0 Å². The molecule has 0 bridgehead atoms. The topological polar surface area (TPSA) is 60.9 Å². The van der Waals surface area contributed by atoms with Gasteiger partial charge < -0.3 is 9.80 Å². The molecule has 1 amide bonds. The van der Waals surface area contributed by atoms with Gasteiger partial charge in [-0.25, -0.2) is 8.42 Å². The van der Waals surface area contributed by atoms with Gasteiger partial charge in [-0.15, -0.1) is 11.3 Å². The molecule has 0 saturated carbocycles. The predicted molar refractivity (Wildman–Crippen MR) is 99.8 cm³/mol. The highest BCUT2D eigenvalue weighted by Crippen LogP contribution is 2.22. The first kappa shape index (κ1) is 17.9. The molecule has 0 spiro atoms. The molecule has 0 unspecified atom stereocenters. The second kappa shape index (κ2) is 7.15. The molecule has 25 heavy (non-hydrogen) atoms. The van der Waals surface area contributed by atoms with Crippen LogP contribution in [0.5, 0.6) is 0 Å². The molecule has 134 valence electrons. The minimum absolute atomic E-state index is 0.0570. The SMILES string of the molecule is CN(C)c1ccc(C(=O)N2CCN(S(=O)(=O)c3cccs3)CC2)cc1. The average molecular weight is 380 g/mol. The molecule has 2 heterocycles. The summed E-state index contributed by atoms with van der Waals surface area (Å²) in [6.07, 6.45) is 0. The summed E-state index contributed by atoms with van der Waals surface area (Å²) < 4.78 is 26.9. The lowest BCUT2D eigenvalue weighted by Crippen LogP contribution is -2.50. The maximum absolute atomic E-state index is 12.6. The number of rotatable bonds is 4. The lowest BCUT2D eigenvalue weighted by Gasteiger charge is -2.33. The van der Waals surface area contributed by atoms with Crippen molar-refractivity contribution in [2.75, 3.05) is 45.2 Å². The van der Waals surface area contributed by atoms with Crippen LogP contribution in [-0.2, 0) is 10.0 Å². The van der Waals surface area contributed by atoms with Crippen molar-refractivity contribution in [3.8, 4) is 0 Å². The molecule has 0 N–H and O–H groups in total. The number of hydrogen-bond acceptors (Lipinski definition) is 5. The van der Waals surface area contributed by atoms with Gasteiger partial charge in [0, 0.05) is 51.5 Å². The Bertz CT molecular complexity index is 823. The molecule has 1 aromatic carbocycles. The zero-order chi connectivity index (χ0) is 18.0. The van der Waals surface area contributed by atoms with E-state index in [-0.39, 0.29) is 5.91 Å². The van der Waals surface area contributed by atoms with Crippen molar-refractivity contribution in [2.45, 2.75) is 4.21 Å². The fourth-order valence-electron chi connectivity index (χ4n) is 2.75. The Hall–Kier alpha value is -1.90. The largest absolute Gasteiger partial charge is 0.378 e. The average Bonchev–Trinajstić information content (AvgIpc) is 3.17. The molecule has 0 radical (unpaired) electrons. The molecule has 0 atom stereocenters. The zero-order valence-electron chi connectivity index (χ0n) is 14.3. The van der Waals surface area contributed by atoms with Gasteiger partial charge >= 0.3 is 0 Å². The maximum atomic E-state index is 12.6. The van der Waals surface area contributed by atoms with Crippen LogP contribution >= 0.6 is 11.3 Å². The van der Waals surface area contributed by atoms with Crippen LogP contribution in [0.15, 0.2) is 46.0 Å². The van der Waals surface area contributed by atoms with E-state index in [9.17, 15) is 13.2 Å². The number of nitrogens with zero attached hydrogens (tertiary/aromatic N) is 3. The molecule has 1 saturated heterocycles. The van der Waals surface area contributed by atoms with Crippen molar-refractivity contribution >= 4 is 33.0 Å². The molecule has 8 heteroatoms. The highest BCUT2D eigenvalue weighted by molar-refractivity contribution is 7.91. The number of piperazine rings is 1. The minimum atomic E-state index is -3.44. The van der Waals surface area contributed by atoms with E-state index < -0.39 is 10.0 Å². The number of sulfonamides is 1. The van der Waals surface area contributed by atoms with Crippen LogP contribution in [0.3, 0.4) is 0 Å². The molecular weight excluding hydrogens is 358 g/mol. The molecule has 6 nitrogen and oxygen atoms in total. The predicted octanol–water partition coefficient (Wildman–Crippen LogP) is 1.96. The van der Waals surface area contributed by atoms with Gasteiger partial charge in [0.25, 0.3) is 15.9 Å². The first-order valence-electron chi connectivity index (χ1n) is 8.00. The third kappa shape index (κ3) is 3.70. The summed E-state index contributed by atoms with van der Waals surface area (Å²) in [4.78, 5) is 16.3. The third-order valence-electron chi connectivity index (χ3n) is 4.25. The van der Waals surface area contributed by atoms with E-state index in [0.717, 1.165) is 5.69 Å². The van der Waals surface area contributed by atoms with Gasteiger partial charge in [-0.2, -0.15) is 4.31 Å². The number of thiophene rings is 1. The molecule has 1 fully saturated rings. The second-order valence-corrected chi connectivity index (χ2v) is 9.18. The van der Waals surface area contributed by atoms with E-state index in [1.807, 2.05) is 43.3 Å². The third-order valence-corrected chi connectivity index (χ3v) is 7.52. The van der Waals surface area contributed by atoms with Crippen LogP contribution in [0.2, 0.25) is 0 Å². The Kier molecular flexibility index (Phi) is 5.12. The molecule has 2 aromatic rings. The normalized spacial score (nSPS) is 16.0. The zero-order valence-corrected chi connectivity index (χ0v) is 15.9. The van der Waals surface area contributed by atoms with E-state index in [2.05, 4.69) is 0 Å².